The molecule has 2 atom stereocenters. The summed E-state index contributed by atoms with van der Waals surface area (Å²) in [5.41, 5.74) is 2.63. The molecule has 1 aromatic carbocycles. The Balaban J connectivity index is 1.74. The lowest BCUT2D eigenvalue weighted by molar-refractivity contribution is 0.121. The van der Waals surface area contributed by atoms with Crippen LogP contribution in [-0.2, 0) is 4.74 Å². The number of aliphatic hydroxyl groups is 1. The van der Waals surface area contributed by atoms with E-state index in [1.165, 1.54) is 0 Å². The predicted octanol–water partition coefficient (Wildman–Crippen LogP) is 2.11. The first-order chi connectivity index (χ1) is 10.7. The molecule has 2 unspecified atom stereocenters. The summed E-state index contributed by atoms with van der Waals surface area (Å²) in [7, 11) is 0. The average Bonchev–Trinajstić information content (AvgIpc) is 2.93. The molecule has 0 aliphatic carbocycles. The molecule has 0 saturated carbocycles. The number of anilines is 2. The van der Waals surface area contributed by atoms with Gasteiger partial charge in [0.2, 0.25) is 0 Å². The lowest BCUT2D eigenvalue weighted by atomic mass is 10.0. The summed E-state index contributed by atoms with van der Waals surface area (Å²) in [6, 6.07) is 8.58. The van der Waals surface area contributed by atoms with Crippen molar-refractivity contribution >= 4 is 11.4 Å². The van der Waals surface area contributed by atoms with Gasteiger partial charge in [0.15, 0.2) is 0 Å². The van der Waals surface area contributed by atoms with Crippen molar-refractivity contribution in [3.63, 3.8) is 0 Å². The first-order valence-electron chi connectivity index (χ1n) is 8.02. The maximum absolute atomic E-state index is 9.62. The van der Waals surface area contributed by atoms with Gasteiger partial charge in [-0.05, 0) is 44.4 Å². The molecule has 2 saturated heterocycles. The Morgan fingerprint density at radius 1 is 1.32 bits per heavy atom. The number of hydrogen-bond donors (Lipinski definition) is 2. The molecule has 5 nitrogen and oxygen atoms in total. The second-order valence-electron chi connectivity index (χ2n) is 6.18. The van der Waals surface area contributed by atoms with Gasteiger partial charge in [-0.25, -0.2) is 0 Å². The second-order valence-corrected chi connectivity index (χ2v) is 6.18. The van der Waals surface area contributed by atoms with E-state index in [1.54, 1.807) is 0 Å². The molecule has 2 fully saturated rings. The second kappa shape index (κ2) is 6.55. The van der Waals surface area contributed by atoms with Crippen LogP contribution in [0.25, 0.3) is 0 Å². The molecule has 0 bridgehead atoms. The van der Waals surface area contributed by atoms with Crippen molar-refractivity contribution in [2.45, 2.75) is 44.4 Å². The molecule has 2 aliphatic heterocycles. The van der Waals surface area contributed by atoms with E-state index >= 15 is 0 Å². The number of benzene rings is 1. The fourth-order valence-electron chi connectivity index (χ4n) is 3.23. The number of nitriles is 1. The standard InChI is InChI=1S/C17H23N3O2/c1-12-16(6-9-22-12)19-14-2-3-17(13(10-14)11-18)20-7-4-15(21)5-8-20/h2-3,10,12,15-16,19,21H,4-9H2,1H3. The number of aliphatic hydroxyl groups excluding tert-OH is 1. The quantitative estimate of drug-likeness (QED) is 0.895. The Bertz CT molecular complexity index is 562. The zero-order valence-electron chi connectivity index (χ0n) is 13.0. The molecule has 0 amide bonds. The summed E-state index contributed by atoms with van der Waals surface area (Å²) in [5.74, 6) is 0. The van der Waals surface area contributed by atoms with Crippen molar-refractivity contribution in [2.75, 3.05) is 29.9 Å². The molecule has 2 N–H and O–H groups in total. The van der Waals surface area contributed by atoms with E-state index in [0.717, 1.165) is 50.3 Å². The van der Waals surface area contributed by atoms with E-state index in [-0.39, 0.29) is 12.2 Å². The van der Waals surface area contributed by atoms with Gasteiger partial charge in [0.25, 0.3) is 0 Å². The number of hydrogen-bond acceptors (Lipinski definition) is 5. The molecule has 1 aromatic rings. The van der Waals surface area contributed by atoms with Gasteiger partial charge in [-0.2, -0.15) is 5.26 Å². The van der Waals surface area contributed by atoms with Gasteiger partial charge in [-0.3, -0.25) is 0 Å². The Morgan fingerprint density at radius 2 is 2.09 bits per heavy atom. The fourth-order valence-corrected chi connectivity index (χ4v) is 3.23. The van der Waals surface area contributed by atoms with Crippen molar-refractivity contribution in [3.05, 3.63) is 23.8 Å². The number of piperidine rings is 1. The Morgan fingerprint density at radius 3 is 2.73 bits per heavy atom. The van der Waals surface area contributed by atoms with E-state index in [2.05, 4.69) is 23.2 Å². The number of nitrogens with zero attached hydrogens (tertiary/aromatic N) is 2. The lowest BCUT2D eigenvalue weighted by Crippen LogP contribution is -2.36. The van der Waals surface area contributed by atoms with Crippen molar-refractivity contribution in [1.29, 1.82) is 5.26 Å². The van der Waals surface area contributed by atoms with E-state index in [1.807, 2.05) is 18.2 Å². The van der Waals surface area contributed by atoms with Gasteiger partial charge in [0.05, 0.1) is 29.5 Å². The minimum atomic E-state index is -0.202. The summed E-state index contributed by atoms with van der Waals surface area (Å²) in [6.45, 7) is 4.47. The van der Waals surface area contributed by atoms with Gasteiger partial charge >= 0.3 is 0 Å². The van der Waals surface area contributed by atoms with E-state index in [9.17, 15) is 10.4 Å². The van der Waals surface area contributed by atoms with Crippen LogP contribution in [0.5, 0.6) is 0 Å². The zero-order chi connectivity index (χ0) is 15.5. The van der Waals surface area contributed by atoms with Crippen LogP contribution >= 0.6 is 0 Å². The highest BCUT2D eigenvalue weighted by molar-refractivity contribution is 5.66. The van der Waals surface area contributed by atoms with Crippen LogP contribution in [0.1, 0.15) is 31.7 Å². The first kappa shape index (κ1) is 15.1. The van der Waals surface area contributed by atoms with Crippen LogP contribution in [0.15, 0.2) is 18.2 Å². The van der Waals surface area contributed by atoms with Crippen LogP contribution in [0.2, 0.25) is 0 Å². The monoisotopic (exact) mass is 301 g/mol. The van der Waals surface area contributed by atoms with Crippen molar-refractivity contribution in [2.24, 2.45) is 0 Å². The predicted molar refractivity (Wildman–Crippen MR) is 86.1 cm³/mol. The molecule has 22 heavy (non-hydrogen) atoms. The maximum Gasteiger partial charge on any atom is 0.101 e. The normalized spacial score (nSPS) is 26.0. The highest BCUT2D eigenvalue weighted by atomic mass is 16.5. The van der Waals surface area contributed by atoms with Gasteiger partial charge in [-0.1, -0.05) is 0 Å². The maximum atomic E-state index is 9.62. The lowest BCUT2D eigenvalue weighted by Gasteiger charge is -2.32. The summed E-state index contributed by atoms with van der Waals surface area (Å²) >= 11 is 0. The third-order valence-corrected chi connectivity index (χ3v) is 4.65. The largest absolute Gasteiger partial charge is 0.393 e. The first-order valence-corrected chi connectivity index (χ1v) is 8.02. The average molecular weight is 301 g/mol. The van der Waals surface area contributed by atoms with Crippen molar-refractivity contribution < 1.29 is 9.84 Å². The fraction of sp³-hybridized carbons (Fsp3) is 0.588. The number of ether oxygens (including phenoxy) is 1. The summed E-state index contributed by atoms with van der Waals surface area (Å²) < 4.78 is 5.56. The Hall–Kier alpha value is -1.77. The Kier molecular flexibility index (Phi) is 4.51. The molecule has 118 valence electrons. The summed E-state index contributed by atoms with van der Waals surface area (Å²) in [5, 5.41) is 22.5. The van der Waals surface area contributed by atoms with Crippen molar-refractivity contribution in [1.82, 2.24) is 0 Å². The van der Waals surface area contributed by atoms with Crippen LogP contribution < -0.4 is 10.2 Å². The van der Waals surface area contributed by atoms with Gasteiger partial charge in [-0.15, -0.1) is 0 Å². The summed E-state index contributed by atoms with van der Waals surface area (Å²) in [6.07, 6.45) is 2.53. The number of nitrogens with one attached hydrogen (secondary N) is 1. The SMILES string of the molecule is CC1OCCC1Nc1ccc(N2CCC(O)CC2)c(C#N)c1. The van der Waals surface area contributed by atoms with Crippen LogP contribution in [0.4, 0.5) is 11.4 Å². The topological polar surface area (TPSA) is 68.5 Å². The minimum absolute atomic E-state index is 0.202. The molecular formula is C17H23N3O2. The molecule has 2 heterocycles. The van der Waals surface area contributed by atoms with Gasteiger partial charge in [0.1, 0.15) is 6.07 Å². The smallest absolute Gasteiger partial charge is 0.101 e. The van der Waals surface area contributed by atoms with Crippen LogP contribution in [0.3, 0.4) is 0 Å². The molecule has 0 aromatic heterocycles. The molecular weight excluding hydrogens is 278 g/mol. The van der Waals surface area contributed by atoms with Gasteiger partial charge in [0, 0.05) is 25.4 Å². The molecule has 3 rings (SSSR count). The third-order valence-electron chi connectivity index (χ3n) is 4.65. The minimum Gasteiger partial charge on any atom is -0.393 e. The van der Waals surface area contributed by atoms with Crippen molar-refractivity contribution in [3.8, 4) is 6.07 Å². The molecule has 2 aliphatic rings. The third kappa shape index (κ3) is 3.18. The van der Waals surface area contributed by atoms with E-state index < -0.39 is 0 Å². The summed E-state index contributed by atoms with van der Waals surface area (Å²) in [4.78, 5) is 2.19. The molecule has 0 radical (unpaired) electrons. The van der Waals surface area contributed by atoms with E-state index in [4.69, 9.17) is 4.74 Å². The highest BCUT2D eigenvalue weighted by Crippen LogP contribution is 2.28. The molecule has 5 heteroatoms. The zero-order valence-corrected chi connectivity index (χ0v) is 13.0. The Labute approximate surface area is 131 Å². The van der Waals surface area contributed by atoms with E-state index in [0.29, 0.717) is 11.6 Å². The van der Waals surface area contributed by atoms with Gasteiger partial charge < -0.3 is 20.1 Å². The molecule has 0 spiro atoms. The van der Waals surface area contributed by atoms with Crippen LogP contribution in [-0.4, -0.2) is 43.1 Å². The number of rotatable bonds is 3. The van der Waals surface area contributed by atoms with Crippen LogP contribution in [0, 0.1) is 11.3 Å². The highest BCUT2D eigenvalue weighted by Gasteiger charge is 2.24.